The zero-order chi connectivity index (χ0) is 23.6. The van der Waals surface area contributed by atoms with Gasteiger partial charge in [0.25, 0.3) is 0 Å². The number of aryl methyl sites for hydroxylation is 1. The molecule has 0 radical (unpaired) electrons. The first-order valence-electron chi connectivity index (χ1n) is 10.9. The van der Waals surface area contributed by atoms with E-state index in [2.05, 4.69) is 15.6 Å². The SMILES string of the molecule is CCc1cccc(NC(=O)N2c3nc(-c4cccc(C(F)(F)F)c4)ccc3NCC[C@H]2C)c1. The largest absolute Gasteiger partial charge is 0.416 e. The first kappa shape index (κ1) is 22.6. The van der Waals surface area contributed by atoms with Crippen molar-refractivity contribution in [1.82, 2.24) is 4.98 Å². The summed E-state index contributed by atoms with van der Waals surface area (Å²) in [6.07, 6.45) is -2.91. The summed E-state index contributed by atoms with van der Waals surface area (Å²) in [5.41, 5.74) is 2.39. The highest BCUT2D eigenvalue weighted by Gasteiger charge is 2.31. The Hall–Kier alpha value is -3.55. The normalized spacial score (nSPS) is 15.9. The van der Waals surface area contributed by atoms with Gasteiger partial charge in [-0.1, -0.05) is 31.2 Å². The molecule has 0 bridgehead atoms. The number of anilines is 3. The number of nitrogens with one attached hydrogen (secondary N) is 2. The summed E-state index contributed by atoms with van der Waals surface area (Å²) in [6, 6.07) is 15.6. The minimum atomic E-state index is -4.45. The van der Waals surface area contributed by atoms with Gasteiger partial charge < -0.3 is 10.6 Å². The number of carbonyl (C=O) groups excluding carboxylic acids is 1. The van der Waals surface area contributed by atoms with Crippen LogP contribution in [0.25, 0.3) is 11.3 Å². The van der Waals surface area contributed by atoms with Crippen LogP contribution in [0.15, 0.2) is 60.7 Å². The minimum Gasteiger partial charge on any atom is -0.382 e. The molecular weight excluding hydrogens is 429 g/mol. The monoisotopic (exact) mass is 454 g/mol. The zero-order valence-electron chi connectivity index (χ0n) is 18.4. The van der Waals surface area contributed by atoms with Crippen molar-refractivity contribution in [3.05, 3.63) is 71.8 Å². The lowest BCUT2D eigenvalue weighted by Crippen LogP contribution is -2.42. The van der Waals surface area contributed by atoms with Gasteiger partial charge in [-0.2, -0.15) is 13.2 Å². The molecule has 33 heavy (non-hydrogen) atoms. The second kappa shape index (κ2) is 9.13. The average molecular weight is 454 g/mol. The summed E-state index contributed by atoms with van der Waals surface area (Å²) in [5.74, 6) is 0.388. The van der Waals surface area contributed by atoms with Crippen LogP contribution in [0.5, 0.6) is 0 Å². The highest BCUT2D eigenvalue weighted by atomic mass is 19.4. The average Bonchev–Trinajstić information content (AvgIpc) is 2.96. The van der Waals surface area contributed by atoms with Crippen molar-refractivity contribution >= 4 is 23.2 Å². The zero-order valence-corrected chi connectivity index (χ0v) is 18.4. The van der Waals surface area contributed by atoms with Crippen molar-refractivity contribution in [1.29, 1.82) is 0 Å². The van der Waals surface area contributed by atoms with Crippen molar-refractivity contribution in [3.63, 3.8) is 0 Å². The number of nitrogens with zero attached hydrogens (tertiary/aromatic N) is 2. The van der Waals surface area contributed by atoms with Gasteiger partial charge >= 0.3 is 12.2 Å². The minimum absolute atomic E-state index is 0.169. The topological polar surface area (TPSA) is 57.3 Å². The molecule has 4 rings (SSSR count). The van der Waals surface area contributed by atoms with Gasteiger partial charge in [0.2, 0.25) is 0 Å². The molecule has 1 aliphatic rings. The maximum absolute atomic E-state index is 13.3. The summed E-state index contributed by atoms with van der Waals surface area (Å²) < 4.78 is 39.6. The summed E-state index contributed by atoms with van der Waals surface area (Å²) >= 11 is 0. The van der Waals surface area contributed by atoms with Crippen molar-refractivity contribution in [3.8, 4) is 11.3 Å². The fourth-order valence-electron chi connectivity index (χ4n) is 3.89. The lowest BCUT2D eigenvalue weighted by molar-refractivity contribution is -0.137. The van der Waals surface area contributed by atoms with Crippen LogP contribution in [0.2, 0.25) is 0 Å². The van der Waals surface area contributed by atoms with Crippen LogP contribution in [0.3, 0.4) is 0 Å². The predicted molar refractivity (Wildman–Crippen MR) is 125 cm³/mol. The molecule has 0 unspecified atom stereocenters. The van der Waals surface area contributed by atoms with Gasteiger partial charge in [-0.05, 0) is 61.7 Å². The van der Waals surface area contributed by atoms with Gasteiger partial charge in [-0.3, -0.25) is 4.90 Å². The van der Waals surface area contributed by atoms with Crippen LogP contribution in [0.4, 0.5) is 35.2 Å². The predicted octanol–water partition coefficient (Wildman–Crippen LogP) is 6.57. The Morgan fingerprint density at radius 1 is 1.15 bits per heavy atom. The van der Waals surface area contributed by atoms with E-state index in [0.29, 0.717) is 41.4 Å². The van der Waals surface area contributed by atoms with E-state index in [1.54, 1.807) is 23.1 Å². The number of fused-ring (bicyclic) bond motifs is 1. The van der Waals surface area contributed by atoms with Gasteiger partial charge in [-0.25, -0.2) is 9.78 Å². The molecule has 172 valence electrons. The van der Waals surface area contributed by atoms with Gasteiger partial charge in [0, 0.05) is 23.8 Å². The standard InChI is InChI=1S/C25H25F3N4O/c1-3-17-6-4-9-20(14-17)30-24(33)32-16(2)12-13-29-22-11-10-21(31-23(22)32)18-7-5-8-19(15-18)25(26,27)28/h4-11,14-16,29H,3,12-13H2,1-2H3,(H,30,33)/t16-/m1/s1. The number of hydrogen-bond donors (Lipinski definition) is 2. The van der Waals surface area contributed by atoms with Crippen LogP contribution in [-0.2, 0) is 12.6 Å². The van der Waals surface area contributed by atoms with Gasteiger partial charge in [-0.15, -0.1) is 0 Å². The Morgan fingerprint density at radius 3 is 2.70 bits per heavy atom. The van der Waals surface area contributed by atoms with Crippen LogP contribution in [-0.4, -0.2) is 23.6 Å². The fourth-order valence-corrected chi connectivity index (χ4v) is 3.89. The summed E-state index contributed by atoms with van der Waals surface area (Å²) in [7, 11) is 0. The molecule has 3 aromatic rings. The van der Waals surface area contributed by atoms with E-state index >= 15 is 0 Å². The molecule has 0 fully saturated rings. The van der Waals surface area contributed by atoms with Crippen molar-refractivity contribution < 1.29 is 18.0 Å². The first-order valence-corrected chi connectivity index (χ1v) is 10.9. The van der Waals surface area contributed by atoms with E-state index < -0.39 is 11.7 Å². The molecule has 2 aromatic carbocycles. The van der Waals surface area contributed by atoms with E-state index in [1.807, 2.05) is 38.1 Å². The van der Waals surface area contributed by atoms with Gasteiger partial charge in [0.05, 0.1) is 16.9 Å². The summed E-state index contributed by atoms with van der Waals surface area (Å²) in [4.78, 5) is 19.5. The molecule has 1 atom stereocenters. The Balaban J connectivity index is 1.71. The number of amides is 2. The smallest absolute Gasteiger partial charge is 0.382 e. The maximum atomic E-state index is 13.3. The third kappa shape index (κ3) is 4.94. The summed E-state index contributed by atoms with van der Waals surface area (Å²) in [5, 5.41) is 6.22. The van der Waals surface area contributed by atoms with Crippen LogP contribution < -0.4 is 15.5 Å². The molecule has 0 aliphatic carbocycles. The van der Waals surface area contributed by atoms with Crippen LogP contribution in [0.1, 0.15) is 31.4 Å². The highest BCUT2D eigenvalue weighted by molar-refractivity contribution is 6.03. The number of pyridine rings is 1. The number of halogens is 3. The van der Waals surface area contributed by atoms with Gasteiger partial charge in [0.1, 0.15) is 0 Å². The van der Waals surface area contributed by atoms with Crippen molar-refractivity contribution in [2.45, 2.75) is 38.9 Å². The maximum Gasteiger partial charge on any atom is 0.416 e. The van der Waals surface area contributed by atoms with Crippen molar-refractivity contribution in [2.75, 3.05) is 22.1 Å². The van der Waals surface area contributed by atoms with E-state index in [0.717, 1.165) is 24.1 Å². The number of aromatic nitrogens is 1. The van der Waals surface area contributed by atoms with Crippen LogP contribution >= 0.6 is 0 Å². The first-order chi connectivity index (χ1) is 15.8. The van der Waals surface area contributed by atoms with E-state index in [9.17, 15) is 18.0 Å². The van der Waals surface area contributed by atoms with E-state index in [-0.39, 0.29) is 12.1 Å². The Morgan fingerprint density at radius 2 is 1.94 bits per heavy atom. The Bertz CT molecular complexity index is 1160. The molecular formula is C25H25F3N4O. The molecule has 8 heteroatoms. The van der Waals surface area contributed by atoms with Gasteiger partial charge in [0.15, 0.2) is 5.82 Å². The molecule has 1 aromatic heterocycles. The number of hydrogen-bond acceptors (Lipinski definition) is 3. The third-order valence-electron chi connectivity index (χ3n) is 5.71. The number of benzene rings is 2. The third-order valence-corrected chi connectivity index (χ3v) is 5.71. The molecule has 2 N–H and O–H groups in total. The number of alkyl halides is 3. The molecule has 0 saturated heterocycles. The quantitative estimate of drug-likeness (QED) is 0.470. The molecule has 0 saturated carbocycles. The van der Waals surface area contributed by atoms with Crippen molar-refractivity contribution in [2.24, 2.45) is 0 Å². The molecule has 5 nitrogen and oxygen atoms in total. The number of urea groups is 1. The molecule has 2 heterocycles. The summed E-state index contributed by atoms with van der Waals surface area (Å²) in [6.45, 7) is 4.62. The second-order valence-electron chi connectivity index (χ2n) is 8.06. The molecule has 1 aliphatic heterocycles. The number of rotatable bonds is 3. The lowest BCUT2D eigenvalue weighted by atomic mass is 10.1. The Labute approximate surface area is 190 Å². The second-order valence-corrected chi connectivity index (χ2v) is 8.06. The van der Waals surface area contributed by atoms with E-state index in [4.69, 9.17) is 0 Å². The highest BCUT2D eigenvalue weighted by Crippen LogP contribution is 2.35. The van der Waals surface area contributed by atoms with Crippen LogP contribution in [0, 0.1) is 0 Å². The lowest BCUT2D eigenvalue weighted by Gasteiger charge is -2.27. The fraction of sp³-hybridized carbons (Fsp3) is 0.280. The molecule has 2 amide bonds. The Kier molecular flexibility index (Phi) is 6.26. The molecule has 0 spiro atoms. The van der Waals surface area contributed by atoms with E-state index in [1.165, 1.54) is 6.07 Å². The number of carbonyl (C=O) groups is 1.